The van der Waals surface area contributed by atoms with E-state index in [0.29, 0.717) is 26.9 Å². The lowest BCUT2D eigenvalue weighted by molar-refractivity contribution is 0.0582. The van der Waals surface area contributed by atoms with E-state index in [0.717, 1.165) is 27.6 Å². The maximum Gasteiger partial charge on any atom is 0.211 e. The normalized spacial score (nSPS) is 19.5. The van der Waals surface area contributed by atoms with E-state index in [1.165, 1.54) is 0 Å². The highest BCUT2D eigenvalue weighted by Gasteiger charge is 2.59. The van der Waals surface area contributed by atoms with E-state index >= 15 is 0 Å². The summed E-state index contributed by atoms with van der Waals surface area (Å²) >= 11 is 13.3. The summed E-state index contributed by atoms with van der Waals surface area (Å²) in [7, 11) is 1.98. The van der Waals surface area contributed by atoms with Gasteiger partial charge >= 0.3 is 0 Å². The summed E-state index contributed by atoms with van der Waals surface area (Å²) in [6, 6.07) is 23.0. The topological polar surface area (TPSA) is 29.5 Å². The quantitative estimate of drug-likeness (QED) is 0.262. The Morgan fingerprint density at radius 3 is 2.46 bits per heavy atom. The van der Waals surface area contributed by atoms with E-state index in [-0.39, 0.29) is 5.78 Å². The standard InChI is InChI=1S/C30H23Cl2NO2/c1-29(2)26-23(31)12-13-24(32)27(26)33(3)30(29)16-15-19-17-20(11-14-25(19)35-30)28(34)22-10-6-8-18-7-4-5-9-21(18)22/h4-17H,1-3H3. The third-order valence-electron chi connectivity index (χ3n) is 7.49. The molecule has 2 aliphatic heterocycles. The van der Waals surface area contributed by atoms with Gasteiger partial charge in [0, 0.05) is 34.3 Å². The second-order valence-electron chi connectivity index (χ2n) is 9.68. The van der Waals surface area contributed by atoms with Crippen LogP contribution in [0.15, 0.2) is 78.9 Å². The minimum atomic E-state index is -0.807. The number of benzene rings is 4. The molecule has 4 aromatic rings. The number of likely N-dealkylation sites (N-methyl/N-ethyl adjacent to an activating group) is 1. The zero-order valence-electron chi connectivity index (χ0n) is 19.6. The fourth-order valence-corrected chi connectivity index (χ4v) is 6.31. The Labute approximate surface area is 214 Å². The smallest absolute Gasteiger partial charge is 0.211 e. The number of hydrogen-bond acceptors (Lipinski definition) is 3. The van der Waals surface area contributed by atoms with Crippen LogP contribution in [0.4, 0.5) is 5.69 Å². The van der Waals surface area contributed by atoms with Crippen LogP contribution in [0.2, 0.25) is 10.0 Å². The van der Waals surface area contributed by atoms with Gasteiger partial charge in [0.1, 0.15) is 5.75 Å². The molecular formula is C30H23Cl2NO2. The molecule has 0 aromatic heterocycles. The number of anilines is 1. The van der Waals surface area contributed by atoms with E-state index < -0.39 is 11.1 Å². The largest absolute Gasteiger partial charge is 0.463 e. The lowest BCUT2D eigenvalue weighted by Crippen LogP contribution is -2.58. The Bertz CT molecular complexity index is 1570. The number of rotatable bonds is 2. The molecule has 0 aliphatic carbocycles. The first-order valence-corrected chi connectivity index (χ1v) is 12.3. The van der Waals surface area contributed by atoms with Gasteiger partial charge in [-0.15, -0.1) is 0 Å². The molecule has 0 amide bonds. The molecule has 5 heteroatoms. The van der Waals surface area contributed by atoms with Crippen molar-refractivity contribution in [1.82, 2.24) is 0 Å². The molecule has 4 aromatic carbocycles. The second kappa shape index (κ2) is 7.61. The molecule has 174 valence electrons. The molecule has 1 atom stereocenters. The first kappa shape index (κ1) is 22.2. The van der Waals surface area contributed by atoms with Crippen molar-refractivity contribution < 1.29 is 9.53 Å². The molecule has 1 spiro atoms. The van der Waals surface area contributed by atoms with Gasteiger partial charge in [-0.3, -0.25) is 4.79 Å². The van der Waals surface area contributed by atoms with Gasteiger partial charge in [0.25, 0.3) is 0 Å². The van der Waals surface area contributed by atoms with Crippen molar-refractivity contribution in [2.24, 2.45) is 0 Å². The average molecular weight is 500 g/mol. The third kappa shape index (κ3) is 3.01. The molecule has 6 rings (SSSR count). The van der Waals surface area contributed by atoms with Gasteiger partial charge in [-0.1, -0.05) is 65.7 Å². The van der Waals surface area contributed by atoms with Crippen molar-refractivity contribution in [3.05, 3.63) is 111 Å². The van der Waals surface area contributed by atoms with E-state index in [9.17, 15) is 4.79 Å². The summed E-state index contributed by atoms with van der Waals surface area (Å²) < 4.78 is 6.72. The average Bonchev–Trinajstić information content (AvgIpc) is 3.04. The molecule has 0 radical (unpaired) electrons. The number of fused-ring (bicyclic) bond motifs is 3. The zero-order chi connectivity index (χ0) is 24.5. The summed E-state index contributed by atoms with van der Waals surface area (Å²) in [6.45, 7) is 4.23. The first-order chi connectivity index (χ1) is 16.7. The Kier molecular flexibility index (Phi) is 4.83. The third-order valence-corrected chi connectivity index (χ3v) is 8.11. The maximum atomic E-state index is 13.5. The fourth-order valence-electron chi connectivity index (χ4n) is 5.64. The Hall–Kier alpha value is -3.27. The predicted octanol–water partition coefficient (Wildman–Crippen LogP) is 7.91. The van der Waals surface area contributed by atoms with Gasteiger partial charge in [0.15, 0.2) is 5.78 Å². The minimum Gasteiger partial charge on any atom is -0.463 e. The van der Waals surface area contributed by atoms with E-state index in [2.05, 4.69) is 18.7 Å². The van der Waals surface area contributed by atoms with E-state index in [1.807, 2.05) is 92.0 Å². The number of carbonyl (C=O) groups excluding carboxylic acids is 1. The first-order valence-electron chi connectivity index (χ1n) is 11.5. The summed E-state index contributed by atoms with van der Waals surface area (Å²) in [5.74, 6) is 0.699. The van der Waals surface area contributed by atoms with Crippen LogP contribution in [0.3, 0.4) is 0 Å². The highest BCUT2D eigenvalue weighted by atomic mass is 35.5. The molecule has 2 aliphatic rings. The van der Waals surface area contributed by atoms with Gasteiger partial charge in [-0.25, -0.2) is 0 Å². The molecule has 0 N–H and O–H groups in total. The number of carbonyl (C=O) groups is 1. The number of halogens is 2. The molecule has 3 nitrogen and oxygen atoms in total. The lowest BCUT2D eigenvalue weighted by Gasteiger charge is -2.45. The predicted molar refractivity (Wildman–Crippen MR) is 144 cm³/mol. The van der Waals surface area contributed by atoms with E-state index in [4.69, 9.17) is 27.9 Å². The summed E-state index contributed by atoms with van der Waals surface area (Å²) in [6.07, 6.45) is 4.08. The summed E-state index contributed by atoms with van der Waals surface area (Å²) in [5.41, 5.74) is 2.72. The SMILES string of the molecule is CN1c2c(Cl)ccc(Cl)c2C(C)(C)C12C=Cc1cc(C(=O)c3cccc4ccccc34)ccc1O2. The maximum absolute atomic E-state index is 13.5. The Morgan fingerprint density at radius 1 is 0.914 bits per heavy atom. The second-order valence-corrected chi connectivity index (χ2v) is 10.5. The van der Waals surface area contributed by atoms with Crippen molar-refractivity contribution >= 4 is 51.5 Å². The van der Waals surface area contributed by atoms with Crippen molar-refractivity contribution in [1.29, 1.82) is 0 Å². The molecule has 1 unspecified atom stereocenters. The molecule has 0 saturated heterocycles. The van der Waals surface area contributed by atoms with Crippen LogP contribution in [0.25, 0.3) is 16.8 Å². The highest BCUT2D eigenvalue weighted by molar-refractivity contribution is 6.36. The highest BCUT2D eigenvalue weighted by Crippen LogP contribution is 2.58. The molecule has 0 bridgehead atoms. The summed E-state index contributed by atoms with van der Waals surface area (Å²) in [5, 5.41) is 3.29. The van der Waals surface area contributed by atoms with Crippen LogP contribution in [-0.2, 0) is 5.41 Å². The van der Waals surface area contributed by atoms with Gasteiger partial charge in [-0.05, 0) is 67.1 Å². The van der Waals surface area contributed by atoms with Crippen LogP contribution in [0, 0.1) is 0 Å². The molecule has 0 saturated carbocycles. The number of ketones is 1. The van der Waals surface area contributed by atoms with Gasteiger partial charge in [0.2, 0.25) is 5.72 Å². The van der Waals surface area contributed by atoms with Crippen LogP contribution in [0.5, 0.6) is 5.75 Å². The van der Waals surface area contributed by atoms with Crippen molar-refractivity contribution in [3.8, 4) is 5.75 Å². The zero-order valence-corrected chi connectivity index (χ0v) is 21.1. The minimum absolute atomic E-state index is 0.0115. The fraction of sp³-hybridized carbons (Fsp3) is 0.167. The van der Waals surface area contributed by atoms with Crippen molar-refractivity contribution in [2.45, 2.75) is 25.0 Å². The van der Waals surface area contributed by atoms with Crippen LogP contribution in [0.1, 0.15) is 40.9 Å². The Balaban J connectivity index is 1.41. The van der Waals surface area contributed by atoms with Gasteiger partial charge in [-0.2, -0.15) is 0 Å². The monoisotopic (exact) mass is 499 g/mol. The van der Waals surface area contributed by atoms with Gasteiger partial charge < -0.3 is 9.64 Å². The Morgan fingerprint density at radius 2 is 1.66 bits per heavy atom. The van der Waals surface area contributed by atoms with Crippen LogP contribution < -0.4 is 9.64 Å². The summed E-state index contributed by atoms with van der Waals surface area (Å²) in [4.78, 5) is 15.5. The number of hydrogen-bond donors (Lipinski definition) is 0. The number of nitrogens with zero attached hydrogens (tertiary/aromatic N) is 1. The van der Waals surface area contributed by atoms with Crippen LogP contribution in [-0.4, -0.2) is 18.6 Å². The number of ether oxygens (including phenoxy) is 1. The molecule has 35 heavy (non-hydrogen) atoms. The molecule has 0 fully saturated rings. The van der Waals surface area contributed by atoms with Gasteiger partial charge in [0.05, 0.1) is 16.1 Å². The van der Waals surface area contributed by atoms with Crippen LogP contribution >= 0.6 is 23.2 Å². The lowest BCUT2D eigenvalue weighted by atomic mass is 9.76. The van der Waals surface area contributed by atoms with Crippen molar-refractivity contribution in [3.63, 3.8) is 0 Å². The van der Waals surface area contributed by atoms with E-state index in [1.54, 1.807) is 0 Å². The molecule has 2 heterocycles. The molecular weight excluding hydrogens is 477 g/mol. The van der Waals surface area contributed by atoms with Crippen molar-refractivity contribution in [2.75, 3.05) is 11.9 Å².